The van der Waals surface area contributed by atoms with Crippen molar-refractivity contribution in [3.05, 3.63) is 24.3 Å². The zero-order valence-corrected chi connectivity index (χ0v) is 10.7. The molecule has 0 heterocycles. The Morgan fingerprint density at radius 3 is 2.67 bits per heavy atom. The van der Waals surface area contributed by atoms with Gasteiger partial charge >= 0.3 is 0 Å². The molecule has 0 spiro atoms. The number of carbonyl (C=O) groups is 1. The molecule has 0 radical (unpaired) electrons. The second-order valence-electron chi connectivity index (χ2n) is 4.72. The maximum absolute atomic E-state index is 12.0. The van der Waals surface area contributed by atoms with Crippen molar-refractivity contribution in [2.45, 2.75) is 32.2 Å². The van der Waals surface area contributed by atoms with Crippen molar-refractivity contribution in [1.29, 1.82) is 0 Å². The molecule has 2 unspecified atom stereocenters. The fourth-order valence-corrected chi connectivity index (χ4v) is 2.30. The molecule has 1 amide bonds. The van der Waals surface area contributed by atoms with Gasteiger partial charge in [0.15, 0.2) is 0 Å². The van der Waals surface area contributed by atoms with Crippen molar-refractivity contribution in [3.63, 3.8) is 0 Å². The third-order valence-corrected chi connectivity index (χ3v) is 3.28. The van der Waals surface area contributed by atoms with E-state index in [1.165, 1.54) is 0 Å². The lowest BCUT2D eigenvalue weighted by Gasteiger charge is -2.11. The number of hydrogen-bond acceptors (Lipinski definition) is 3. The Bertz CT molecular complexity index is 403. The van der Waals surface area contributed by atoms with Crippen LogP contribution in [0.15, 0.2) is 24.3 Å². The Labute approximate surface area is 108 Å². The lowest BCUT2D eigenvalue weighted by molar-refractivity contribution is -0.119. The summed E-state index contributed by atoms with van der Waals surface area (Å²) in [5, 5.41) is 2.92. The quantitative estimate of drug-likeness (QED) is 0.858. The van der Waals surface area contributed by atoms with E-state index >= 15 is 0 Å². The normalized spacial score (nSPS) is 22.8. The number of ether oxygens (including phenoxy) is 1. The van der Waals surface area contributed by atoms with Crippen LogP contribution >= 0.6 is 0 Å². The van der Waals surface area contributed by atoms with Crippen LogP contribution < -0.4 is 15.8 Å². The third-order valence-electron chi connectivity index (χ3n) is 3.28. The van der Waals surface area contributed by atoms with E-state index in [1.807, 2.05) is 31.2 Å². The summed E-state index contributed by atoms with van der Waals surface area (Å²) in [6, 6.07) is 7.62. The average Bonchev–Trinajstić information content (AvgIpc) is 2.79. The van der Waals surface area contributed by atoms with Gasteiger partial charge in [-0.1, -0.05) is 0 Å². The minimum absolute atomic E-state index is 0.0616. The first kappa shape index (κ1) is 12.9. The Balaban J connectivity index is 1.90. The number of nitrogens with two attached hydrogens (primary N) is 1. The number of carbonyl (C=O) groups excluding carboxylic acids is 1. The molecule has 98 valence electrons. The van der Waals surface area contributed by atoms with Crippen LogP contribution in [0.3, 0.4) is 0 Å². The Morgan fingerprint density at radius 1 is 1.39 bits per heavy atom. The summed E-state index contributed by atoms with van der Waals surface area (Å²) in [6.45, 7) is 2.59. The second kappa shape index (κ2) is 5.87. The standard InChI is InChI=1S/C14H20N2O2/c1-2-18-13-7-5-12(6-8-13)16-14(17)10-3-4-11(15)9-10/h5-8,10-11H,2-4,9,15H2,1H3,(H,16,17). The molecule has 4 nitrogen and oxygen atoms in total. The van der Waals surface area contributed by atoms with E-state index < -0.39 is 0 Å². The minimum Gasteiger partial charge on any atom is -0.494 e. The van der Waals surface area contributed by atoms with E-state index in [-0.39, 0.29) is 17.9 Å². The van der Waals surface area contributed by atoms with Crippen molar-refractivity contribution >= 4 is 11.6 Å². The Kier molecular flexibility index (Phi) is 4.20. The lowest BCUT2D eigenvalue weighted by Crippen LogP contribution is -2.23. The summed E-state index contributed by atoms with van der Waals surface area (Å²) in [6.07, 6.45) is 2.63. The first-order valence-electron chi connectivity index (χ1n) is 6.48. The molecular formula is C14H20N2O2. The SMILES string of the molecule is CCOc1ccc(NC(=O)C2CCC(N)C2)cc1. The summed E-state index contributed by atoms with van der Waals surface area (Å²) >= 11 is 0. The Hall–Kier alpha value is -1.55. The molecule has 0 bridgehead atoms. The van der Waals surface area contributed by atoms with Crippen LogP contribution in [0.1, 0.15) is 26.2 Å². The number of hydrogen-bond donors (Lipinski definition) is 2. The monoisotopic (exact) mass is 248 g/mol. The first-order chi connectivity index (χ1) is 8.69. The number of rotatable bonds is 4. The topological polar surface area (TPSA) is 64.3 Å². The maximum atomic E-state index is 12.0. The highest BCUT2D eigenvalue weighted by Crippen LogP contribution is 2.25. The molecule has 1 aromatic carbocycles. The highest BCUT2D eigenvalue weighted by Gasteiger charge is 2.27. The molecule has 3 N–H and O–H groups in total. The van der Waals surface area contributed by atoms with Crippen molar-refractivity contribution < 1.29 is 9.53 Å². The molecule has 1 fully saturated rings. The van der Waals surface area contributed by atoms with Crippen LogP contribution in [-0.4, -0.2) is 18.6 Å². The molecule has 18 heavy (non-hydrogen) atoms. The molecule has 0 aromatic heterocycles. The maximum Gasteiger partial charge on any atom is 0.227 e. The van der Waals surface area contributed by atoms with Gasteiger partial charge in [-0.2, -0.15) is 0 Å². The van der Waals surface area contributed by atoms with Gasteiger partial charge in [-0.15, -0.1) is 0 Å². The lowest BCUT2D eigenvalue weighted by atomic mass is 10.1. The number of amides is 1. The molecule has 0 saturated heterocycles. The van der Waals surface area contributed by atoms with E-state index in [0.717, 1.165) is 30.7 Å². The summed E-state index contributed by atoms with van der Waals surface area (Å²) < 4.78 is 5.35. The van der Waals surface area contributed by atoms with Gasteiger partial charge in [-0.3, -0.25) is 4.79 Å². The van der Waals surface area contributed by atoms with Gasteiger partial charge in [0.2, 0.25) is 5.91 Å². The van der Waals surface area contributed by atoms with Crippen LogP contribution in [-0.2, 0) is 4.79 Å². The highest BCUT2D eigenvalue weighted by molar-refractivity contribution is 5.92. The van der Waals surface area contributed by atoms with Crippen molar-refractivity contribution in [2.24, 2.45) is 11.7 Å². The number of nitrogens with one attached hydrogen (secondary N) is 1. The van der Waals surface area contributed by atoms with E-state index in [1.54, 1.807) is 0 Å². The van der Waals surface area contributed by atoms with Gasteiger partial charge < -0.3 is 15.8 Å². The average molecular weight is 248 g/mol. The van der Waals surface area contributed by atoms with Gasteiger partial charge in [-0.25, -0.2) is 0 Å². The van der Waals surface area contributed by atoms with E-state index in [2.05, 4.69) is 5.32 Å². The molecular weight excluding hydrogens is 228 g/mol. The van der Waals surface area contributed by atoms with Crippen molar-refractivity contribution in [3.8, 4) is 5.75 Å². The van der Waals surface area contributed by atoms with Crippen LogP contribution in [0.2, 0.25) is 0 Å². The van der Waals surface area contributed by atoms with Crippen LogP contribution in [0.25, 0.3) is 0 Å². The molecule has 1 aliphatic rings. The summed E-state index contributed by atoms with van der Waals surface area (Å²) in [5.41, 5.74) is 6.62. The molecule has 1 aromatic rings. The van der Waals surface area contributed by atoms with E-state index in [9.17, 15) is 4.79 Å². The summed E-state index contributed by atoms with van der Waals surface area (Å²) in [4.78, 5) is 12.0. The fourth-order valence-electron chi connectivity index (χ4n) is 2.30. The smallest absolute Gasteiger partial charge is 0.227 e. The van der Waals surface area contributed by atoms with Crippen LogP contribution in [0.5, 0.6) is 5.75 Å². The van der Waals surface area contributed by atoms with E-state index in [4.69, 9.17) is 10.5 Å². The second-order valence-corrected chi connectivity index (χ2v) is 4.72. The molecule has 0 aliphatic heterocycles. The molecule has 2 rings (SSSR count). The van der Waals surface area contributed by atoms with Gasteiger partial charge in [0.1, 0.15) is 5.75 Å². The third kappa shape index (κ3) is 3.23. The zero-order valence-electron chi connectivity index (χ0n) is 10.7. The number of benzene rings is 1. The zero-order chi connectivity index (χ0) is 13.0. The summed E-state index contributed by atoms with van der Waals surface area (Å²) in [7, 11) is 0. The molecule has 2 atom stereocenters. The van der Waals surface area contributed by atoms with Crippen LogP contribution in [0, 0.1) is 5.92 Å². The first-order valence-corrected chi connectivity index (χ1v) is 6.48. The van der Waals surface area contributed by atoms with E-state index in [0.29, 0.717) is 6.61 Å². The van der Waals surface area contributed by atoms with Gasteiger partial charge in [0.25, 0.3) is 0 Å². The molecule has 1 aliphatic carbocycles. The van der Waals surface area contributed by atoms with Crippen molar-refractivity contribution in [1.82, 2.24) is 0 Å². The highest BCUT2D eigenvalue weighted by atomic mass is 16.5. The molecule has 1 saturated carbocycles. The predicted molar refractivity (Wildman–Crippen MR) is 71.6 cm³/mol. The van der Waals surface area contributed by atoms with Crippen LogP contribution in [0.4, 0.5) is 5.69 Å². The van der Waals surface area contributed by atoms with Crippen molar-refractivity contribution in [2.75, 3.05) is 11.9 Å². The Morgan fingerprint density at radius 2 is 2.11 bits per heavy atom. The van der Waals surface area contributed by atoms with Gasteiger partial charge in [0, 0.05) is 17.6 Å². The van der Waals surface area contributed by atoms with Gasteiger partial charge in [-0.05, 0) is 50.5 Å². The summed E-state index contributed by atoms with van der Waals surface area (Å²) in [5.74, 6) is 0.956. The largest absolute Gasteiger partial charge is 0.494 e. The fraction of sp³-hybridized carbons (Fsp3) is 0.500. The van der Waals surface area contributed by atoms with Gasteiger partial charge in [0.05, 0.1) is 6.61 Å². The predicted octanol–water partition coefficient (Wildman–Crippen LogP) is 2.15. The number of anilines is 1. The molecule has 4 heteroatoms. The minimum atomic E-state index is 0.0616.